The molecule has 1 N–H and O–H groups in total. The van der Waals surface area contributed by atoms with Gasteiger partial charge < -0.3 is 9.73 Å². The third-order valence-corrected chi connectivity index (χ3v) is 3.24. The first kappa shape index (κ1) is 12.4. The Morgan fingerprint density at radius 1 is 1.18 bits per heavy atom. The van der Waals surface area contributed by atoms with Crippen LogP contribution in [0.4, 0.5) is 0 Å². The highest BCUT2D eigenvalue weighted by Gasteiger charge is 2.05. The number of rotatable bonds is 4. The van der Waals surface area contributed by atoms with Crippen molar-refractivity contribution in [1.82, 2.24) is 5.32 Å². The molecular weight excluding hydrogens is 278 g/mol. The van der Waals surface area contributed by atoms with Gasteiger partial charge in [0.15, 0.2) is 0 Å². The molecule has 0 aliphatic heterocycles. The fourth-order valence-electron chi connectivity index (χ4n) is 1.80. The van der Waals surface area contributed by atoms with Gasteiger partial charge in [0.1, 0.15) is 11.5 Å². The average Bonchev–Trinajstić information content (AvgIpc) is 2.72. The maximum atomic E-state index is 5.75. The Labute approximate surface area is 110 Å². The number of aryl methyl sites for hydroxylation is 1. The molecule has 0 saturated heterocycles. The minimum absolute atomic E-state index is 0.775. The molecule has 1 aromatic heterocycles. The first-order valence-corrected chi connectivity index (χ1v) is 6.45. The highest BCUT2D eigenvalue weighted by atomic mass is 79.9. The summed E-state index contributed by atoms with van der Waals surface area (Å²) in [5, 5.41) is 3.08. The van der Waals surface area contributed by atoms with E-state index < -0.39 is 0 Å². The van der Waals surface area contributed by atoms with E-state index >= 15 is 0 Å². The van der Waals surface area contributed by atoms with Crippen molar-refractivity contribution in [1.29, 1.82) is 0 Å². The van der Waals surface area contributed by atoms with Crippen LogP contribution in [-0.2, 0) is 13.0 Å². The molecule has 2 aromatic rings. The number of halogens is 1. The molecule has 0 aliphatic carbocycles. The zero-order valence-corrected chi connectivity index (χ0v) is 11.7. The Hall–Kier alpha value is -1.06. The van der Waals surface area contributed by atoms with Crippen LogP contribution < -0.4 is 5.32 Å². The molecule has 0 spiro atoms. The molecule has 3 heteroatoms. The highest BCUT2D eigenvalue weighted by molar-refractivity contribution is 9.10. The van der Waals surface area contributed by atoms with Crippen molar-refractivity contribution in [2.24, 2.45) is 0 Å². The molecule has 2 rings (SSSR count). The van der Waals surface area contributed by atoms with E-state index in [0.717, 1.165) is 29.0 Å². The van der Waals surface area contributed by atoms with Gasteiger partial charge in [-0.05, 0) is 49.4 Å². The second-order valence-corrected chi connectivity index (χ2v) is 5.06. The van der Waals surface area contributed by atoms with Crippen molar-refractivity contribution in [2.45, 2.75) is 19.9 Å². The maximum absolute atomic E-state index is 5.75. The quantitative estimate of drug-likeness (QED) is 0.931. The van der Waals surface area contributed by atoms with Gasteiger partial charge in [-0.15, -0.1) is 0 Å². The van der Waals surface area contributed by atoms with Crippen molar-refractivity contribution in [3.63, 3.8) is 0 Å². The highest BCUT2D eigenvalue weighted by Crippen LogP contribution is 2.20. The Balaban J connectivity index is 2.16. The summed E-state index contributed by atoms with van der Waals surface area (Å²) in [5.74, 6) is 1.99. The Morgan fingerprint density at radius 3 is 2.71 bits per heavy atom. The van der Waals surface area contributed by atoms with Crippen LogP contribution in [0.15, 0.2) is 39.2 Å². The van der Waals surface area contributed by atoms with Crippen LogP contribution in [0.25, 0.3) is 0 Å². The summed E-state index contributed by atoms with van der Waals surface area (Å²) >= 11 is 3.50. The van der Waals surface area contributed by atoms with Crippen molar-refractivity contribution >= 4 is 15.9 Å². The summed E-state index contributed by atoms with van der Waals surface area (Å²) in [6, 6.07) is 10.4. The zero-order valence-electron chi connectivity index (χ0n) is 10.1. The van der Waals surface area contributed by atoms with E-state index in [4.69, 9.17) is 4.42 Å². The monoisotopic (exact) mass is 293 g/mol. The standard InChI is InChI=1S/C14H16BrNO/c1-10-3-4-12(15)7-11(10)8-13-5-6-14(17-13)9-16-2/h3-7,16H,8-9H2,1-2H3. The molecule has 90 valence electrons. The molecule has 0 atom stereocenters. The summed E-state index contributed by atoms with van der Waals surface area (Å²) in [6.45, 7) is 2.90. The van der Waals surface area contributed by atoms with Crippen LogP contribution in [0, 0.1) is 6.92 Å². The van der Waals surface area contributed by atoms with Gasteiger partial charge in [-0.2, -0.15) is 0 Å². The van der Waals surface area contributed by atoms with Gasteiger partial charge in [-0.25, -0.2) is 0 Å². The zero-order chi connectivity index (χ0) is 12.3. The number of hydrogen-bond acceptors (Lipinski definition) is 2. The molecule has 0 saturated carbocycles. The lowest BCUT2D eigenvalue weighted by Gasteiger charge is -2.04. The molecule has 17 heavy (non-hydrogen) atoms. The predicted octanol–water partition coefficient (Wildman–Crippen LogP) is 3.66. The van der Waals surface area contributed by atoms with Gasteiger partial charge in [0.2, 0.25) is 0 Å². The number of nitrogens with one attached hydrogen (secondary N) is 1. The topological polar surface area (TPSA) is 25.2 Å². The number of hydrogen-bond donors (Lipinski definition) is 1. The van der Waals surface area contributed by atoms with Crippen LogP contribution in [0.1, 0.15) is 22.6 Å². The van der Waals surface area contributed by atoms with E-state index in [2.05, 4.69) is 46.4 Å². The Morgan fingerprint density at radius 2 is 1.94 bits per heavy atom. The second-order valence-electron chi connectivity index (χ2n) is 4.15. The first-order valence-electron chi connectivity index (χ1n) is 5.66. The summed E-state index contributed by atoms with van der Waals surface area (Å²) in [4.78, 5) is 0. The van der Waals surface area contributed by atoms with Gasteiger partial charge in [0, 0.05) is 10.9 Å². The largest absolute Gasteiger partial charge is 0.464 e. The van der Waals surface area contributed by atoms with Crippen molar-refractivity contribution < 1.29 is 4.42 Å². The van der Waals surface area contributed by atoms with Crippen LogP contribution in [0.2, 0.25) is 0 Å². The SMILES string of the molecule is CNCc1ccc(Cc2cc(Br)ccc2C)o1. The lowest BCUT2D eigenvalue weighted by Crippen LogP contribution is -2.03. The van der Waals surface area contributed by atoms with Gasteiger partial charge in [0.05, 0.1) is 6.54 Å². The predicted molar refractivity (Wildman–Crippen MR) is 73.2 cm³/mol. The number of furan rings is 1. The van der Waals surface area contributed by atoms with E-state index in [9.17, 15) is 0 Å². The average molecular weight is 294 g/mol. The molecule has 1 heterocycles. The molecule has 0 fully saturated rings. The van der Waals surface area contributed by atoms with E-state index in [1.807, 2.05) is 19.2 Å². The minimum Gasteiger partial charge on any atom is -0.464 e. The van der Waals surface area contributed by atoms with Crippen LogP contribution in [0.5, 0.6) is 0 Å². The van der Waals surface area contributed by atoms with Crippen molar-refractivity contribution in [3.05, 3.63) is 57.5 Å². The summed E-state index contributed by atoms with van der Waals surface area (Å²) < 4.78 is 6.86. The third-order valence-electron chi connectivity index (χ3n) is 2.74. The lowest BCUT2D eigenvalue weighted by molar-refractivity contribution is 0.462. The van der Waals surface area contributed by atoms with Crippen LogP contribution in [-0.4, -0.2) is 7.05 Å². The van der Waals surface area contributed by atoms with E-state index in [-0.39, 0.29) is 0 Å². The second kappa shape index (κ2) is 5.52. The molecule has 0 amide bonds. The Kier molecular flexibility index (Phi) is 4.02. The minimum atomic E-state index is 0.775. The normalized spacial score (nSPS) is 10.8. The third kappa shape index (κ3) is 3.20. The molecule has 0 aliphatic rings. The van der Waals surface area contributed by atoms with E-state index in [0.29, 0.717) is 0 Å². The summed E-state index contributed by atoms with van der Waals surface area (Å²) in [5.41, 5.74) is 2.59. The van der Waals surface area contributed by atoms with Crippen molar-refractivity contribution in [2.75, 3.05) is 7.05 Å². The summed E-state index contributed by atoms with van der Waals surface area (Å²) in [6.07, 6.45) is 0.842. The van der Waals surface area contributed by atoms with Crippen LogP contribution >= 0.6 is 15.9 Å². The van der Waals surface area contributed by atoms with Crippen LogP contribution in [0.3, 0.4) is 0 Å². The first-order chi connectivity index (χ1) is 8.19. The van der Waals surface area contributed by atoms with E-state index in [1.165, 1.54) is 11.1 Å². The molecule has 1 aromatic carbocycles. The molecule has 2 nitrogen and oxygen atoms in total. The van der Waals surface area contributed by atoms with Gasteiger partial charge in [-0.3, -0.25) is 0 Å². The molecular formula is C14H16BrNO. The lowest BCUT2D eigenvalue weighted by atomic mass is 10.1. The molecule has 0 radical (unpaired) electrons. The van der Waals surface area contributed by atoms with Gasteiger partial charge in [0.25, 0.3) is 0 Å². The van der Waals surface area contributed by atoms with Gasteiger partial charge >= 0.3 is 0 Å². The smallest absolute Gasteiger partial charge is 0.117 e. The molecule has 0 unspecified atom stereocenters. The fraction of sp³-hybridized carbons (Fsp3) is 0.286. The Bertz CT molecular complexity index is 505. The molecule has 0 bridgehead atoms. The summed E-state index contributed by atoms with van der Waals surface area (Å²) in [7, 11) is 1.92. The maximum Gasteiger partial charge on any atom is 0.117 e. The van der Waals surface area contributed by atoms with E-state index in [1.54, 1.807) is 0 Å². The fourth-order valence-corrected chi connectivity index (χ4v) is 2.21. The van der Waals surface area contributed by atoms with Gasteiger partial charge in [-0.1, -0.05) is 22.0 Å². The number of benzene rings is 1. The van der Waals surface area contributed by atoms with Crippen molar-refractivity contribution in [3.8, 4) is 0 Å².